The van der Waals surface area contributed by atoms with Crippen LogP contribution in [-0.2, 0) is 4.79 Å². The van der Waals surface area contributed by atoms with Crippen molar-refractivity contribution in [1.82, 2.24) is 5.32 Å². The lowest BCUT2D eigenvalue weighted by Gasteiger charge is -2.23. The van der Waals surface area contributed by atoms with E-state index in [1.54, 1.807) is 0 Å². The highest BCUT2D eigenvalue weighted by atomic mass is 19.1. The van der Waals surface area contributed by atoms with E-state index in [1.165, 1.54) is 23.1 Å². The number of fused-ring (bicyclic) bond motifs is 1. The molecule has 0 fully saturated rings. The fraction of sp³-hybridized carbons (Fsp3) is 0.429. The number of amides is 1. The van der Waals surface area contributed by atoms with Gasteiger partial charge in [0, 0.05) is 18.6 Å². The van der Waals surface area contributed by atoms with Crippen LogP contribution in [0.2, 0.25) is 0 Å². The van der Waals surface area contributed by atoms with Gasteiger partial charge in [-0.2, -0.15) is 0 Å². The molecule has 102 valence electrons. The number of carbonyl (C=O) groups excluding carboxylic acids is 2. The summed E-state index contributed by atoms with van der Waals surface area (Å²) in [4.78, 5) is 24.8. The Bertz CT molecular complexity index is 535. The monoisotopic (exact) mass is 264 g/mol. The first kappa shape index (κ1) is 13.7. The van der Waals surface area contributed by atoms with Crippen molar-refractivity contribution in [3.8, 4) is 0 Å². The number of benzene rings is 1. The maximum absolute atomic E-state index is 13.8. The Hall–Kier alpha value is -1.75. The standard InChI is InChI=1S/C14H17FN2O2/c1-14(2,3)16-7-8-17-11-9(12(18)13(17)19)5-4-6-10(11)15/h4-6,16H,7-8H2,1-3H3. The lowest BCUT2D eigenvalue weighted by atomic mass is 10.1. The van der Waals surface area contributed by atoms with Gasteiger partial charge in [-0.05, 0) is 32.9 Å². The van der Waals surface area contributed by atoms with E-state index in [2.05, 4.69) is 5.32 Å². The van der Waals surface area contributed by atoms with Crippen molar-refractivity contribution in [3.63, 3.8) is 0 Å². The molecule has 0 aromatic heterocycles. The fourth-order valence-corrected chi connectivity index (χ4v) is 2.07. The summed E-state index contributed by atoms with van der Waals surface area (Å²) in [6.07, 6.45) is 0. The molecule has 5 heteroatoms. The molecule has 1 heterocycles. The zero-order valence-electron chi connectivity index (χ0n) is 11.3. The van der Waals surface area contributed by atoms with E-state index in [0.717, 1.165) is 0 Å². The Morgan fingerprint density at radius 3 is 2.58 bits per heavy atom. The van der Waals surface area contributed by atoms with Gasteiger partial charge < -0.3 is 10.2 Å². The summed E-state index contributed by atoms with van der Waals surface area (Å²) < 4.78 is 13.8. The molecule has 0 saturated carbocycles. The second kappa shape index (κ2) is 4.74. The smallest absolute Gasteiger partial charge is 0.299 e. The van der Waals surface area contributed by atoms with E-state index in [0.29, 0.717) is 6.54 Å². The van der Waals surface area contributed by atoms with Gasteiger partial charge in [0.25, 0.3) is 11.7 Å². The van der Waals surface area contributed by atoms with Crippen LogP contribution in [0.4, 0.5) is 10.1 Å². The second-order valence-electron chi connectivity index (χ2n) is 5.60. The predicted octanol–water partition coefficient (Wildman–Crippen LogP) is 1.74. The molecule has 0 saturated heterocycles. The Labute approximate surface area is 111 Å². The Balaban J connectivity index is 2.19. The number of nitrogens with one attached hydrogen (secondary N) is 1. The van der Waals surface area contributed by atoms with Crippen LogP contribution in [-0.4, -0.2) is 30.3 Å². The zero-order chi connectivity index (χ0) is 14.2. The number of hydrogen-bond donors (Lipinski definition) is 1. The van der Waals surface area contributed by atoms with E-state index < -0.39 is 17.5 Å². The number of nitrogens with zero attached hydrogens (tertiary/aromatic N) is 1. The van der Waals surface area contributed by atoms with Gasteiger partial charge in [-0.3, -0.25) is 9.59 Å². The third kappa shape index (κ3) is 2.66. The molecule has 0 spiro atoms. The highest BCUT2D eigenvalue weighted by Gasteiger charge is 2.37. The van der Waals surface area contributed by atoms with Crippen LogP contribution in [0.1, 0.15) is 31.1 Å². The average molecular weight is 264 g/mol. The third-order valence-electron chi connectivity index (χ3n) is 2.93. The second-order valence-corrected chi connectivity index (χ2v) is 5.60. The molecular formula is C14H17FN2O2. The number of carbonyl (C=O) groups is 2. The van der Waals surface area contributed by atoms with Crippen LogP contribution >= 0.6 is 0 Å². The minimum Gasteiger partial charge on any atom is -0.310 e. The lowest BCUT2D eigenvalue weighted by Crippen LogP contribution is -2.43. The summed E-state index contributed by atoms with van der Waals surface area (Å²) >= 11 is 0. The van der Waals surface area contributed by atoms with Crippen molar-refractivity contribution < 1.29 is 14.0 Å². The quantitative estimate of drug-likeness (QED) is 0.846. The van der Waals surface area contributed by atoms with Crippen LogP contribution in [0.5, 0.6) is 0 Å². The Morgan fingerprint density at radius 1 is 1.26 bits per heavy atom. The number of para-hydroxylation sites is 1. The lowest BCUT2D eigenvalue weighted by molar-refractivity contribution is -0.114. The minimum atomic E-state index is -0.657. The summed E-state index contributed by atoms with van der Waals surface area (Å²) in [7, 11) is 0. The molecular weight excluding hydrogens is 247 g/mol. The minimum absolute atomic E-state index is 0.0924. The van der Waals surface area contributed by atoms with Crippen LogP contribution in [0.15, 0.2) is 18.2 Å². The van der Waals surface area contributed by atoms with Gasteiger partial charge in [0.05, 0.1) is 11.3 Å². The number of halogens is 1. The molecule has 1 N–H and O–H groups in total. The van der Waals surface area contributed by atoms with E-state index in [-0.39, 0.29) is 23.3 Å². The first-order chi connectivity index (χ1) is 8.81. The Morgan fingerprint density at radius 2 is 1.95 bits per heavy atom. The summed E-state index contributed by atoms with van der Waals surface area (Å²) in [5.41, 5.74) is 0.166. The van der Waals surface area contributed by atoms with E-state index in [1.807, 2.05) is 20.8 Å². The van der Waals surface area contributed by atoms with Crippen LogP contribution in [0, 0.1) is 5.82 Å². The van der Waals surface area contributed by atoms with E-state index in [9.17, 15) is 14.0 Å². The van der Waals surface area contributed by atoms with Crippen molar-refractivity contribution in [1.29, 1.82) is 0 Å². The first-order valence-corrected chi connectivity index (χ1v) is 6.21. The van der Waals surface area contributed by atoms with Crippen molar-refractivity contribution in [2.45, 2.75) is 26.3 Å². The van der Waals surface area contributed by atoms with Gasteiger partial charge in [-0.25, -0.2) is 4.39 Å². The topological polar surface area (TPSA) is 49.4 Å². The van der Waals surface area contributed by atoms with Gasteiger partial charge in [0.2, 0.25) is 0 Å². The molecule has 19 heavy (non-hydrogen) atoms. The highest BCUT2D eigenvalue weighted by molar-refractivity contribution is 6.52. The molecule has 1 aromatic rings. The van der Waals surface area contributed by atoms with Gasteiger partial charge in [-0.1, -0.05) is 6.07 Å². The maximum atomic E-state index is 13.8. The Kier molecular flexibility index (Phi) is 3.41. The van der Waals surface area contributed by atoms with Crippen molar-refractivity contribution in [2.24, 2.45) is 0 Å². The number of anilines is 1. The van der Waals surface area contributed by atoms with Gasteiger partial charge >= 0.3 is 0 Å². The molecule has 0 aliphatic carbocycles. The molecule has 1 aromatic carbocycles. The zero-order valence-corrected chi connectivity index (χ0v) is 11.3. The molecule has 0 radical (unpaired) electrons. The molecule has 0 atom stereocenters. The average Bonchev–Trinajstić information content (AvgIpc) is 2.54. The van der Waals surface area contributed by atoms with Crippen LogP contribution in [0.3, 0.4) is 0 Å². The van der Waals surface area contributed by atoms with Crippen LogP contribution < -0.4 is 10.2 Å². The van der Waals surface area contributed by atoms with Gasteiger partial charge in [-0.15, -0.1) is 0 Å². The number of ketones is 1. The highest BCUT2D eigenvalue weighted by Crippen LogP contribution is 2.31. The number of hydrogen-bond acceptors (Lipinski definition) is 3. The van der Waals surface area contributed by atoms with Gasteiger partial charge in [0.1, 0.15) is 5.82 Å². The van der Waals surface area contributed by atoms with Crippen molar-refractivity contribution in [3.05, 3.63) is 29.6 Å². The van der Waals surface area contributed by atoms with Gasteiger partial charge in [0.15, 0.2) is 0 Å². The maximum Gasteiger partial charge on any atom is 0.299 e. The summed E-state index contributed by atoms with van der Waals surface area (Å²) in [6.45, 7) is 6.77. The fourth-order valence-electron chi connectivity index (χ4n) is 2.07. The molecule has 1 aliphatic heterocycles. The molecule has 4 nitrogen and oxygen atoms in total. The van der Waals surface area contributed by atoms with Crippen molar-refractivity contribution in [2.75, 3.05) is 18.0 Å². The number of Topliss-reactive ketones (excluding diaryl/α,β-unsaturated/α-hetero) is 1. The first-order valence-electron chi connectivity index (χ1n) is 6.21. The molecule has 1 aliphatic rings. The van der Waals surface area contributed by atoms with E-state index in [4.69, 9.17) is 0 Å². The molecule has 1 amide bonds. The normalized spacial score (nSPS) is 15.1. The van der Waals surface area contributed by atoms with Crippen LogP contribution in [0.25, 0.3) is 0 Å². The largest absolute Gasteiger partial charge is 0.310 e. The number of rotatable bonds is 3. The predicted molar refractivity (Wildman–Crippen MR) is 70.8 cm³/mol. The molecule has 2 rings (SSSR count). The SMILES string of the molecule is CC(C)(C)NCCN1C(=O)C(=O)c2cccc(F)c21. The van der Waals surface area contributed by atoms with E-state index >= 15 is 0 Å². The summed E-state index contributed by atoms with van der Waals surface area (Å²) in [5.74, 6) is -1.83. The molecule has 0 unspecified atom stereocenters. The van der Waals surface area contributed by atoms with Crippen molar-refractivity contribution >= 4 is 17.4 Å². The third-order valence-corrected chi connectivity index (χ3v) is 2.93. The summed E-state index contributed by atoms with van der Waals surface area (Å²) in [5, 5.41) is 3.21. The molecule has 0 bridgehead atoms. The summed E-state index contributed by atoms with van der Waals surface area (Å²) in [6, 6.07) is 4.18.